The Bertz CT molecular complexity index is 915. The van der Waals surface area contributed by atoms with E-state index in [0.717, 1.165) is 4.68 Å². The van der Waals surface area contributed by atoms with Crippen LogP contribution in [-0.4, -0.2) is 19.4 Å². The van der Waals surface area contributed by atoms with Crippen molar-refractivity contribution >= 4 is 5.52 Å². The second-order valence-electron chi connectivity index (χ2n) is 3.70. The maximum atomic E-state index is 8.97. The fraction of sp³-hybridized carbons (Fsp3) is 0.154. The fourth-order valence-corrected chi connectivity index (χ4v) is 1.77. The molecular weight excluding hydrogens is 226 g/mol. The van der Waals surface area contributed by atoms with Crippen LogP contribution in [-0.2, 0) is 6.50 Å². The van der Waals surface area contributed by atoms with Crippen molar-refractivity contribution in [3.63, 3.8) is 0 Å². The molecule has 0 aliphatic carbocycles. The predicted octanol–water partition coefficient (Wildman–Crippen LogP) is 2.09. The summed E-state index contributed by atoms with van der Waals surface area (Å²) in [4.78, 5) is 0. The molecule has 3 rings (SSSR count). The molecular formula is C13H11N5. The standard InChI is InChI=1S/C13H11N5/c1-2-17-8-12(7-15-17)10-3-4-13-11(5-14)6-16-18(13)9-10/h3-4,6-9H,2H2,1H3/i1D3,2D2. The van der Waals surface area contributed by atoms with E-state index in [1.165, 1.54) is 23.1 Å². The summed E-state index contributed by atoms with van der Waals surface area (Å²) in [5.41, 5.74) is 2.33. The van der Waals surface area contributed by atoms with E-state index in [4.69, 9.17) is 12.1 Å². The molecule has 0 N–H and O–H groups in total. The van der Waals surface area contributed by atoms with Crippen molar-refractivity contribution in [3.8, 4) is 17.2 Å². The van der Waals surface area contributed by atoms with Crippen LogP contribution in [0.15, 0.2) is 36.9 Å². The first kappa shape index (κ1) is 6.36. The first-order valence-electron chi connectivity index (χ1n) is 7.67. The quantitative estimate of drug-likeness (QED) is 0.691. The number of rotatable bonds is 2. The number of hydrogen-bond acceptors (Lipinski definition) is 3. The summed E-state index contributed by atoms with van der Waals surface area (Å²) < 4.78 is 39.5. The summed E-state index contributed by atoms with van der Waals surface area (Å²) in [7, 11) is 0. The molecule has 3 heterocycles. The molecule has 0 saturated carbocycles. The van der Waals surface area contributed by atoms with Gasteiger partial charge < -0.3 is 0 Å². The van der Waals surface area contributed by atoms with E-state index >= 15 is 0 Å². The van der Waals surface area contributed by atoms with Gasteiger partial charge in [-0.1, -0.05) is 6.07 Å². The minimum atomic E-state index is -2.83. The van der Waals surface area contributed by atoms with Crippen molar-refractivity contribution < 1.29 is 6.85 Å². The molecule has 3 aromatic rings. The Kier molecular flexibility index (Phi) is 1.41. The lowest BCUT2D eigenvalue weighted by Gasteiger charge is -1.99. The second kappa shape index (κ2) is 4.00. The van der Waals surface area contributed by atoms with Crippen LogP contribution >= 0.6 is 0 Å². The first-order valence-corrected chi connectivity index (χ1v) is 5.17. The monoisotopic (exact) mass is 242 g/mol. The highest BCUT2D eigenvalue weighted by Gasteiger charge is 2.06. The Labute approximate surface area is 111 Å². The van der Waals surface area contributed by atoms with Gasteiger partial charge in [-0.15, -0.1) is 0 Å². The van der Waals surface area contributed by atoms with Crippen molar-refractivity contribution in [2.24, 2.45) is 0 Å². The minimum absolute atomic E-state index is 0.450. The number of nitrogens with zero attached hydrogens (tertiary/aromatic N) is 5. The topological polar surface area (TPSA) is 58.9 Å². The van der Waals surface area contributed by atoms with Crippen LogP contribution in [0.4, 0.5) is 0 Å². The summed E-state index contributed by atoms with van der Waals surface area (Å²) in [6.07, 6.45) is 5.85. The normalized spacial score (nSPS) is 16.3. The molecule has 0 aliphatic rings. The molecule has 0 atom stereocenters. The van der Waals surface area contributed by atoms with E-state index in [2.05, 4.69) is 10.2 Å². The molecule has 5 heteroatoms. The van der Waals surface area contributed by atoms with Gasteiger partial charge in [0.25, 0.3) is 0 Å². The molecule has 5 nitrogen and oxygen atoms in total. The Hall–Kier alpha value is -2.61. The van der Waals surface area contributed by atoms with Crippen LogP contribution in [0.1, 0.15) is 19.3 Å². The largest absolute Gasteiger partial charge is 0.272 e. The molecule has 88 valence electrons. The number of aryl methyl sites for hydroxylation is 1. The summed E-state index contributed by atoms with van der Waals surface area (Å²) in [5, 5.41) is 16.9. The lowest BCUT2D eigenvalue weighted by molar-refractivity contribution is 0.660. The maximum Gasteiger partial charge on any atom is 0.103 e. The average molecular weight is 242 g/mol. The fourth-order valence-electron chi connectivity index (χ4n) is 1.77. The minimum Gasteiger partial charge on any atom is -0.272 e. The molecule has 0 aromatic carbocycles. The van der Waals surface area contributed by atoms with Gasteiger partial charge in [-0.2, -0.15) is 15.5 Å². The Morgan fingerprint density at radius 2 is 2.28 bits per heavy atom. The molecule has 0 aliphatic heterocycles. The van der Waals surface area contributed by atoms with Crippen LogP contribution in [0.2, 0.25) is 0 Å². The highest BCUT2D eigenvalue weighted by Crippen LogP contribution is 2.20. The van der Waals surface area contributed by atoms with Gasteiger partial charge in [-0.3, -0.25) is 4.68 Å². The van der Waals surface area contributed by atoms with Crippen LogP contribution in [0.25, 0.3) is 16.6 Å². The van der Waals surface area contributed by atoms with Crippen LogP contribution < -0.4 is 0 Å². The lowest BCUT2D eigenvalue weighted by atomic mass is 10.1. The highest BCUT2D eigenvalue weighted by atomic mass is 15.3. The van der Waals surface area contributed by atoms with E-state index in [-0.39, 0.29) is 0 Å². The average Bonchev–Trinajstić information content (AvgIpc) is 3.12. The second-order valence-corrected chi connectivity index (χ2v) is 3.70. The van der Waals surface area contributed by atoms with Crippen LogP contribution in [0.3, 0.4) is 0 Å². The van der Waals surface area contributed by atoms with Gasteiger partial charge in [0.05, 0.1) is 26.2 Å². The van der Waals surface area contributed by atoms with E-state index in [1.807, 2.05) is 6.07 Å². The molecule has 18 heavy (non-hydrogen) atoms. The molecule has 0 unspecified atom stereocenters. The third kappa shape index (κ3) is 1.55. The zero-order valence-electron chi connectivity index (χ0n) is 14.2. The maximum absolute atomic E-state index is 8.97. The lowest BCUT2D eigenvalue weighted by Crippen LogP contribution is -1.92. The van der Waals surface area contributed by atoms with Crippen molar-refractivity contribution in [1.29, 1.82) is 5.26 Å². The highest BCUT2D eigenvalue weighted by molar-refractivity contribution is 5.67. The van der Waals surface area contributed by atoms with Crippen molar-refractivity contribution in [2.75, 3.05) is 0 Å². The van der Waals surface area contributed by atoms with Gasteiger partial charge >= 0.3 is 0 Å². The Morgan fingerprint density at radius 3 is 3.11 bits per heavy atom. The van der Waals surface area contributed by atoms with Gasteiger partial charge in [-0.05, 0) is 12.9 Å². The predicted molar refractivity (Wildman–Crippen MR) is 66.8 cm³/mol. The summed E-state index contributed by atoms with van der Waals surface area (Å²) in [6.45, 7) is -5.43. The van der Waals surface area contributed by atoms with Crippen molar-refractivity contribution in [1.82, 2.24) is 19.4 Å². The molecule has 0 bridgehead atoms. The van der Waals surface area contributed by atoms with E-state index in [0.29, 0.717) is 22.2 Å². The van der Waals surface area contributed by atoms with Crippen LogP contribution in [0.5, 0.6) is 0 Å². The molecule has 0 fully saturated rings. The number of pyridine rings is 1. The van der Waals surface area contributed by atoms with Crippen LogP contribution in [0, 0.1) is 11.3 Å². The van der Waals surface area contributed by atoms with Crippen molar-refractivity contribution in [2.45, 2.75) is 13.3 Å². The van der Waals surface area contributed by atoms with Gasteiger partial charge in [0.15, 0.2) is 0 Å². The molecule has 0 saturated heterocycles. The molecule has 0 radical (unpaired) electrons. The molecule has 3 aromatic heterocycles. The van der Waals surface area contributed by atoms with Gasteiger partial charge in [0, 0.05) is 34.1 Å². The third-order valence-corrected chi connectivity index (χ3v) is 2.67. The number of aromatic nitrogens is 4. The SMILES string of the molecule is [2H]C([2H])([2H])C([2H])([2H])n1cc(-c2ccc3c(C#N)cnn3c2)cn1. The first-order chi connectivity index (χ1) is 10.7. The number of nitriles is 1. The molecule has 0 spiro atoms. The number of hydrogen-bond donors (Lipinski definition) is 0. The zero-order valence-corrected chi connectivity index (χ0v) is 9.20. The zero-order chi connectivity index (χ0) is 16.8. The smallest absolute Gasteiger partial charge is 0.103 e. The Morgan fingerprint density at radius 1 is 1.33 bits per heavy atom. The van der Waals surface area contributed by atoms with Gasteiger partial charge in [-0.25, -0.2) is 4.52 Å². The van der Waals surface area contributed by atoms with E-state index in [1.54, 1.807) is 18.3 Å². The third-order valence-electron chi connectivity index (χ3n) is 2.67. The summed E-state index contributed by atoms with van der Waals surface area (Å²) >= 11 is 0. The van der Waals surface area contributed by atoms with E-state index in [9.17, 15) is 0 Å². The van der Waals surface area contributed by atoms with Gasteiger partial charge in [0.2, 0.25) is 0 Å². The number of fused-ring (bicyclic) bond motifs is 1. The van der Waals surface area contributed by atoms with Gasteiger partial charge in [0.1, 0.15) is 6.07 Å². The molecule has 0 amide bonds. The Balaban J connectivity index is 2.03. The van der Waals surface area contributed by atoms with Crippen molar-refractivity contribution in [3.05, 3.63) is 42.5 Å². The summed E-state index contributed by atoms with van der Waals surface area (Å²) in [5.74, 6) is 0. The van der Waals surface area contributed by atoms with E-state index < -0.39 is 13.3 Å². The summed E-state index contributed by atoms with van der Waals surface area (Å²) in [6, 6.07) is 5.50.